The highest BCUT2D eigenvalue weighted by Gasteiger charge is 2.53. The maximum Gasteiger partial charge on any atom is 0.233 e. The van der Waals surface area contributed by atoms with Gasteiger partial charge in [-0.25, -0.2) is 0 Å². The maximum atomic E-state index is 12.9. The summed E-state index contributed by atoms with van der Waals surface area (Å²) in [6.45, 7) is 0. The summed E-state index contributed by atoms with van der Waals surface area (Å²) >= 11 is 5.94. The molecule has 3 rings (SSSR count). The first-order valence-corrected chi connectivity index (χ1v) is 8.14. The van der Waals surface area contributed by atoms with Crippen LogP contribution in [0, 0.1) is 0 Å². The minimum Gasteiger partial charge on any atom is -0.391 e. The Bertz CT molecular complexity index is 524. The molecule has 4 heteroatoms. The molecular weight excluding hydrogens is 286 g/mol. The first-order valence-electron chi connectivity index (χ1n) is 7.76. The number of amides is 1. The Hall–Kier alpha value is -1.06. The Kier molecular flexibility index (Phi) is 3.98. The van der Waals surface area contributed by atoms with Crippen LogP contribution in [-0.2, 0) is 10.2 Å². The van der Waals surface area contributed by atoms with Gasteiger partial charge in [-0.15, -0.1) is 0 Å². The van der Waals surface area contributed by atoms with Gasteiger partial charge in [-0.05, 0) is 43.4 Å². The second kappa shape index (κ2) is 5.62. The highest BCUT2D eigenvalue weighted by atomic mass is 35.5. The van der Waals surface area contributed by atoms with Crippen molar-refractivity contribution < 1.29 is 9.90 Å². The molecule has 0 saturated heterocycles. The van der Waals surface area contributed by atoms with E-state index in [1.54, 1.807) is 4.90 Å². The Morgan fingerprint density at radius 2 is 1.86 bits per heavy atom. The summed E-state index contributed by atoms with van der Waals surface area (Å²) in [5, 5.41) is 10.9. The molecule has 1 N–H and O–H groups in total. The fraction of sp³-hybridized carbons (Fsp3) is 0.588. The molecule has 1 aromatic rings. The summed E-state index contributed by atoms with van der Waals surface area (Å²) in [6.07, 6.45) is 5.25. The van der Waals surface area contributed by atoms with Crippen molar-refractivity contribution in [2.75, 3.05) is 7.05 Å². The highest BCUT2D eigenvalue weighted by molar-refractivity contribution is 6.30. The smallest absolute Gasteiger partial charge is 0.233 e. The summed E-state index contributed by atoms with van der Waals surface area (Å²) < 4.78 is 0. The Morgan fingerprint density at radius 1 is 1.24 bits per heavy atom. The normalized spacial score (nSPS) is 27.2. The predicted octanol–water partition coefficient (Wildman–Crippen LogP) is 3.13. The van der Waals surface area contributed by atoms with Gasteiger partial charge in [0.1, 0.15) is 0 Å². The van der Waals surface area contributed by atoms with Crippen molar-refractivity contribution in [3.63, 3.8) is 0 Å². The molecule has 2 aliphatic carbocycles. The SMILES string of the molecule is CN(C(=O)C1(c2ccc(Cl)cc2)CC1)C1CCCCC1O. The molecule has 3 nitrogen and oxygen atoms in total. The van der Waals surface area contributed by atoms with Crippen LogP contribution >= 0.6 is 11.6 Å². The van der Waals surface area contributed by atoms with Gasteiger partial charge in [0.2, 0.25) is 5.91 Å². The Labute approximate surface area is 130 Å². The summed E-state index contributed by atoms with van der Waals surface area (Å²) in [5.74, 6) is 0.149. The van der Waals surface area contributed by atoms with Gasteiger partial charge in [0.05, 0.1) is 17.6 Å². The van der Waals surface area contributed by atoms with Crippen molar-refractivity contribution in [2.45, 2.75) is 56.1 Å². The molecule has 0 aliphatic heterocycles. The van der Waals surface area contributed by atoms with Crippen LogP contribution in [-0.4, -0.2) is 35.1 Å². The largest absolute Gasteiger partial charge is 0.391 e. The summed E-state index contributed by atoms with van der Waals surface area (Å²) in [5.41, 5.74) is 0.672. The van der Waals surface area contributed by atoms with E-state index in [4.69, 9.17) is 11.6 Å². The van der Waals surface area contributed by atoms with E-state index in [2.05, 4.69) is 0 Å². The number of carbonyl (C=O) groups is 1. The zero-order chi connectivity index (χ0) is 15.0. The number of aliphatic hydroxyl groups is 1. The van der Waals surface area contributed by atoms with Crippen LogP contribution in [0.15, 0.2) is 24.3 Å². The van der Waals surface area contributed by atoms with E-state index in [-0.39, 0.29) is 23.5 Å². The van der Waals surface area contributed by atoms with E-state index in [1.807, 2.05) is 31.3 Å². The average Bonchev–Trinajstić information content (AvgIpc) is 3.29. The molecule has 0 aromatic heterocycles. The minimum atomic E-state index is -0.381. The van der Waals surface area contributed by atoms with Crippen molar-refractivity contribution in [1.29, 1.82) is 0 Å². The number of carbonyl (C=O) groups excluding carboxylic acids is 1. The molecule has 114 valence electrons. The molecule has 0 heterocycles. The van der Waals surface area contributed by atoms with Crippen LogP contribution in [0.4, 0.5) is 0 Å². The van der Waals surface area contributed by atoms with Gasteiger partial charge in [-0.1, -0.05) is 36.6 Å². The number of aliphatic hydroxyl groups excluding tert-OH is 1. The number of halogens is 1. The van der Waals surface area contributed by atoms with E-state index >= 15 is 0 Å². The first-order chi connectivity index (χ1) is 10.0. The van der Waals surface area contributed by atoms with Gasteiger partial charge in [0, 0.05) is 12.1 Å². The molecule has 1 amide bonds. The topological polar surface area (TPSA) is 40.5 Å². The average molecular weight is 308 g/mol. The monoisotopic (exact) mass is 307 g/mol. The standard InChI is InChI=1S/C17H22ClNO2/c1-19(14-4-2-3-5-15(14)20)16(21)17(10-11-17)12-6-8-13(18)9-7-12/h6-9,14-15,20H,2-5,10-11H2,1H3. The number of benzene rings is 1. The molecule has 0 radical (unpaired) electrons. The number of rotatable bonds is 3. The van der Waals surface area contributed by atoms with Gasteiger partial charge in [-0.2, -0.15) is 0 Å². The third-order valence-corrected chi connectivity index (χ3v) is 5.32. The number of likely N-dealkylation sites (N-methyl/N-ethyl adjacent to an activating group) is 1. The van der Waals surface area contributed by atoms with E-state index in [9.17, 15) is 9.90 Å². The minimum absolute atomic E-state index is 0.0315. The van der Waals surface area contributed by atoms with Gasteiger partial charge in [-0.3, -0.25) is 4.79 Å². The number of hydrogen-bond donors (Lipinski definition) is 1. The fourth-order valence-electron chi connectivity index (χ4n) is 3.55. The second-order valence-electron chi connectivity index (χ2n) is 6.42. The molecule has 1 aromatic carbocycles. The molecule has 2 atom stereocenters. The lowest BCUT2D eigenvalue weighted by Gasteiger charge is -2.37. The predicted molar refractivity (Wildman–Crippen MR) is 83.4 cm³/mol. The molecular formula is C17H22ClNO2. The van der Waals surface area contributed by atoms with Gasteiger partial charge in [0.15, 0.2) is 0 Å². The van der Waals surface area contributed by atoms with Crippen LogP contribution in [0.3, 0.4) is 0 Å². The lowest BCUT2D eigenvalue weighted by molar-refractivity contribution is -0.138. The fourth-order valence-corrected chi connectivity index (χ4v) is 3.68. The first kappa shape index (κ1) is 14.9. The van der Waals surface area contributed by atoms with E-state index < -0.39 is 0 Å². The van der Waals surface area contributed by atoms with Crippen LogP contribution in [0.5, 0.6) is 0 Å². The van der Waals surface area contributed by atoms with E-state index in [0.717, 1.165) is 44.1 Å². The van der Waals surface area contributed by atoms with Crippen molar-refractivity contribution in [2.24, 2.45) is 0 Å². The molecule has 21 heavy (non-hydrogen) atoms. The highest BCUT2D eigenvalue weighted by Crippen LogP contribution is 2.50. The second-order valence-corrected chi connectivity index (χ2v) is 6.86. The van der Waals surface area contributed by atoms with Crippen molar-refractivity contribution in [3.05, 3.63) is 34.9 Å². The van der Waals surface area contributed by atoms with Gasteiger partial charge >= 0.3 is 0 Å². The molecule has 0 bridgehead atoms. The lowest BCUT2D eigenvalue weighted by Crippen LogP contribution is -2.49. The zero-order valence-electron chi connectivity index (χ0n) is 12.4. The van der Waals surface area contributed by atoms with Crippen molar-refractivity contribution >= 4 is 17.5 Å². The van der Waals surface area contributed by atoms with Crippen molar-refractivity contribution in [3.8, 4) is 0 Å². The molecule has 2 aliphatic rings. The quantitative estimate of drug-likeness (QED) is 0.932. The van der Waals surface area contributed by atoms with Crippen LogP contribution in [0.1, 0.15) is 44.1 Å². The Morgan fingerprint density at radius 3 is 2.43 bits per heavy atom. The van der Waals surface area contributed by atoms with Crippen LogP contribution in [0.2, 0.25) is 5.02 Å². The molecule has 0 spiro atoms. The number of hydrogen-bond acceptors (Lipinski definition) is 2. The Balaban J connectivity index is 1.79. The van der Waals surface area contributed by atoms with Crippen molar-refractivity contribution in [1.82, 2.24) is 4.90 Å². The lowest BCUT2D eigenvalue weighted by atomic mass is 9.89. The van der Waals surface area contributed by atoms with Gasteiger partial charge in [0.25, 0.3) is 0 Å². The van der Waals surface area contributed by atoms with Gasteiger partial charge < -0.3 is 10.0 Å². The third-order valence-electron chi connectivity index (χ3n) is 5.07. The van der Waals surface area contributed by atoms with Crippen LogP contribution < -0.4 is 0 Å². The summed E-state index contributed by atoms with van der Waals surface area (Å²) in [7, 11) is 1.84. The van der Waals surface area contributed by atoms with E-state index in [1.165, 1.54) is 0 Å². The van der Waals surface area contributed by atoms with E-state index in [0.29, 0.717) is 5.02 Å². The molecule has 2 fully saturated rings. The number of nitrogens with zero attached hydrogens (tertiary/aromatic N) is 1. The third kappa shape index (κ3) is 2.69. The zero-order valence-corrected chi connectivity index (χ0v) is 13.1. The summed E-state index contributed by atoms with van der Waals surface area (Å²) in [6, 6.07) is 7.58. The summed E-state index contributed by atoms with van der Waals surface area (Å²) in [4.78, 5) is 14.7. The molecule has 2 saturated carbocycles. The molecule has 2 unspecified atom stereocenters. The van der Waals surface area contributed by atoms with Crippen LogP contribution in [0.25, 0.3) is 0 Å². The maximum absolute atomic E-state index is 12.9.